The first kappa shape index (κ1) is 18.2. The second-order valence-electron chi connectivity index (χ2n) is 5.13. The van der Waals surface area contributed by atoms with E-state index in [1.165, 1.54) is 6.07 Å². The summed E-state index contributed by atoms with van der Waals surface area (Å²) in [6.45, 7) is 0.882. The summed E-state index contributed by atoms with van der Waals surface area (Å²) in [7, 11) is -3.71. The quantitative estimate of drug-likeness (QED) is 0.710. The van der Waals surface area contributed by atoms with Gasteiger partial charge in [-0.3, -0.25) is 0 Å². The number of quaternary nitrogens is 1. The maximum atomic E-state index is 12.3. The lowest BCUT2D eigenvalue weighted by atomic mass is 10.2. The maximum absolute atomic E-state index is 12.3. The van der Waals surface area contributed by atoms with Crippen LogP contribution in [0.5, 0.6) is 0 Å². The standard InChI is InChI=1S/C14H17Cl2N3O3S/c15-11-6-5-10(8-12(11)16)9-23(20,21)14-19-18-13(22-14)4-2-1-3-7-17/h5-6,8H,1-4,7,9,17H2/p+1. The van der Waals surface area contributed by atoms with E-state index in [1.807, 2.05) is 0 Å². The highest BCUT2D eigenvalue weighted by molar-refractivity contribution is 7.90. The smallest absolute Gasteiger partial charge is 0.335 e. The Morgan fingerprint density at radius 2 is 1.87 bits per heavy atom. The summed E-state index contributed by atoms with van der Waals surface area (Å²) < 4.78 is 29.9. The molecule has 0 bridgehead atoms. The van der Waals surface area contributed by atoms with E-state index in [4.69, 9.17) is 27.6 Å². The summed E-state index contributed by atoms with van der Waals surface area (Å²) in [5.41, 5.74) is 4.28. The van der Waals surface area contributed by atoms with Gasteiger partial charge in [0, 0.05) is 6.42 Å². The van der Waals surface area contributed by atoms with Gasteiger partial charge in [0.15, 0.2) is 0 Å². The van der Waals surface area contributed by atoms with Crippen LogP contribution >= 0.6 is 23.2 Å². The van der Waals surface area contributed by atoms with Crippen molar-refractivity contribution in [3.05, 3.63) is 39.7 Å². The zero-order valence-electron chi connectivity index (χ0n) is 12.5. The lowest BCUT2D eigenvalue weighted by Crippen LogP contribution is -2.50. The van der Waals surface area contributed by atoms with Gasteiger partial charge in [0.2, 0.25) is 15.7 Å². The molecule has 1 aromatic carbocycles. The molecule has 1 heterocycles. The Kier molecular flexibility index (Phi) is 6.41. The Labute approximate surface area is 144 Å². The second-order valence-corrected chi connectivity index (χ2v) is 7.82. The fourth-order valence-corrected chi connectivity index (χ4v) is 3.46. The third-order valence-corrected chi connectivity index (χ3v) is 5.35. The minimum absolute atomic E-state index is 0.271. The van der Waals surface area contributed by atoms with Crippen molar-refractivity contribution >= 4 is 33.0 Å². The number of halogens is 2. The van der Waals surface area contributed by atoms with Crippen molar-refractivity contribution in [3.63, 3.8) is 0 Å². The van der Waals surface area contributed by atoms with Crippen LogP contribution in [0.2, 0.25) is 10.0 Å². The van der Waals surface area contributed by atoms with E-state index in [1.54, 1.807) is 12.1 Å². The largest absolute Gasteiger partial charge is 0.413 e. The molecule has 0 spiro atoms. The molecular formula is C14H18Cl2N3O3S+. The molecule has 9 heteroatoms. The van der Waals surface area contributed by atoms with Gasteiger partial charge in [0.1, 0.15) is 0 Å². The van der Waals surface area contributed by atoms with Crippen molar-refractivity contribution in [1.82, 2.24) is 10.2 Å². The average Bonchev–Trinajstić information content (AvgIpc) is 2.97. The van der Waals surface area contributed by atoms with Gasteiger partial charge in [-0.2, -0.15) is 0 Å². The summed E-state index contributed by atoms with van der Waals surface area (Å²) in [5, 5.41) is 7.75. The molecule has 0 fully saturated rings. The van der Waals surface area contributed by atoms with E-state index in [9.17, 15) is 8.42 Å². The predicted molar refractivity (Wildman–Crippen MR) is 87.0 cm³/mol. The summed E-state index contributed by atoms with van der Waals surface area (Å²) in [5.74, 6) is 0.0642. The molecule has 2 rings (SSSR count). The first-order valence-electron chi connectivity index (χ1n) is 7.20. The monoisotopic (exact) mass is 378 g/mol. The van der Waals surface area contributed by atoms with Crippen molar-refractivity contribution in [2.24, 2.45) is 0 Å². The van der Waals surface area contributed by atoms with E-state index in [2.05, 4.69) is 15.9 Å². The fourth-order valence-electron chi connectivity index (χ4n) is 2.01. The Morgan fingerprint density at radius 1 is 1.09 bits per heavy atom. The highest BCUT2D eigenvalue weighted by Gasteiger charge is 2.23. The SMILES string of the molecule is [NH3+]CCCCCc1nnc(S(=O)(=O)Cc2ccc(Cl)c(Cl)c2)o1. The van der Waals surface area contributed by atoms with Crippen LogP contribution in [-0.2, 0) is 22.0 Å². The van der Waals surface area contributed by atoms with Crippen LogP contribution < -0.4 is 5.73 Å². The lowest BCUT2D eigenvalue weighted by molar-refractivity contribution is -0.368. The van der Waals surface area contributed by atoms with Gasteiger partial charge in [-0.1, -0.05) is 34.4 Å². The molecule has 2 aromatic rings. The minimum atomic E-state index is -3.71. The summed E-state index contributed by atoms with van der Waals surface area (Å²) >= 11 is 11.7. The summed E-state index contributed by atoms with van der Waals surface area (Å²) in [6.07, 6.45) is 3.45. The van der Waals surface area contributed by atoms with E-state index >= 15 is 0 Å². The summed E-state index contributed by atoms with van der Waals surface area (Å²) in [6, 6.07) is 4.66. The van der Waals surface area contributed by atoms with E-state index in [0.29, 0.717) is 27.9 Å². The third-order valence-electron chi connectivity index (χ3n) is 3.20. The fraction of sp³-hybridized carbons (Fsp3) is 0.429. The van der Waals surface area contributed by atoms with E-state index in [0.717, 1.165) is 25.8 Å². The third kappa shape index (κ3) is 5.17. The molecule has 0 atom stereocenters. The van der Waals surface area contributed by atoms with Gasteiger partial charge in [0.25, 0.3) is 0 Å². The number of sulfone groups is 1. The van der Waals surface area contributed by atoms with E-state index in [-0.39, 0.29) is 11.0 Å². The summed E-state index contributed by atoms with van der Waals surface area (Å²) in [4.78, 5) is 0. The highest BCUT2D eigenvalue weighted by atomic mass is 35.5. The van der Waals surface area contributed by atoms with Crippen LogP contribution in [0.25, 0.3) is 0 Å². The molecule has 126 valence electrons. The number of hydrogen-bond donors (Lipinski definition) is 1. The van der Waals surface area contributed by atoms with Crippen molar-refractivity contribution in [2.75, 3.05) is 6.54 Å². The molecule has 0 aliphatic rings. The first-order valence-corrected chi connectivity index (χ1v) is 9.61. The molecule has 0 aliphatic heterocycles. The Bertz CT molecular complexity index is 762. The number of nitrogens with zero attached hydrogens (tertiary/aromatic N) is 2. The van der Waals surface area contributed by atoms with Gasteiger partial charge >= 0.3 is 5.22 Å². The molecule has 0 unspecified atom stereocenters. The van der Waals surface area contributed by atoms with Gasteiger partial charge in [0.05, 0.1) is 22.3 Å². The molecule has 0 radical (unpaired) electrons. The number of unbranched alkanes of at least 4 members (excludes halogenated alkanes) is 2. The zero-order chi connectivity index (χ0) is 16.9. The number of aryl methyl sites for hydroxylation is 1. The van der Waals surface area contributed by atoms with Crippen molar-refractivity contribution in [2.45, 2.75) is 36.7 Å². The molecule has 3 N–H and O–H groups in total. The van der Waals surface area contributed by atoms with Crippen LogP contribution in [0.1, 0.15) is 30.7 Å². The molecule has 1 aromatic heterocycles. The molecule has 0 amide bonds. The molecular weight excluding hydrogens is 361 g/mol. The highest BCUT2D eigenvalue weighted by Crippen LogP contribution is 2.25. The van der Waals surface area contributed by atoms with Crippen LogP contribution in [0.3, 0.4) is 0 Å². The van der Waals surface area contributed by atoms with Gasteiger partial charge in [-0.15, -0.1) is 5.10 Å². The first-order chi connectivity index (χ1) is 10.9. The number of hydrogen-bond acceptors (Lipinski definition) is 5. The van der Waals surface area contributed by atoms with Crippen molar-refractivity contribution in [3.8, 4) is 0 Å². The molecule has 6 nitrogen and oxygen atoms in total. The Hall–Kier alpha value is -1.15. The van der Waals surface area contributed by atoms with Crippen molar-refractivity contribution in [1.29, 1.82) is 0 Å². The van der Waals surface area contributed by atoms with Crippen molar-refractivity contribution < 1.29 is 18.6 Å². The van der Waals surface area contributed by atoms with Gasteiger partial charge in [-0.25, -0.2) is 8.42 Å². The average molecular weight is 379 g/mol. The number of rotatable bonds is 8. The zero-order valence-corrected chi connectivity index (χ0v) is 14.8. The molecule has 0 saturated heterocycles. The number of benzene rings is 1. The van der Waals surface area contributed by atoms with Gasteiger partial charge < -0.3 is 10.2 Å². The van der Waals surface area contributed by atoms with Crippen LogP contribution in [0.4, 0.5) is 0 Å². The number of aromatic nitrogens is 2. The molecule has 23 heavy (non-hydrogen) atoms. The minimum Gasteiger partial charge on any atom is -0.413 e. The molecule has 0 aliphatic carbocycles. The van der Waals surface area contributed by atoms with Crippen LogP contribution in [0, 0.1) is 0 Å². The maximum Gasteiger partial charge on any atom is 0.335 e. The van der Waals surface area contributed by atoms with Gasteiger partial charge in [-0.05, 0) is 37.0 Å². The lowest BCUT2D eigenvalue weighted by Gasteiger charge is -2.02. The molecule has 0 saturated carbocycles. The normalized spacial score (nSPS) is 11.8. The Morgan fingerprint density at radius 3 is 2.57 bits per heavy atom. The van der Waals surface area contributed by atoms with Crippen LogP contribution in [-0.4, -0.2) is 25.2 Å². The topological polar surface area (TPSA) is 101 Å². The van der Waals surface area contributed by atoms with E-state index < -0.39 is 9.84 Å². The predicted octanol–water partition coefficient (Wildman–Crippen LogP) is 2.31. The van der Waals surface area contributed by atoms with Crippen LogP contribution in [0.15, 0.2) is 27.8 Å². The second kappa shape index (κ2) is 8.10. The Balaban J connectivity index is 2.04.